The van der Waals surface area contributed by atoms with Crippen molar-refractivity contribution in [2.24, 2.45) is 12.0 Å². The Labute approximate surface area is 158 Å². The number of aryl methyl sites for hydroxylation is 1. The zero-order valence-corrected chi connectivity index (χ0v) is 16.6. The first-order chi connectivity index (χ1) is 12.6. The fourth-order valence-corrected chi connectivity index (χ4v) is 4.24. The molecule has 3 heterocycles. The fourth-order valence-electron chi connectivity index (χ4n) is 3.01. The molecule has 1 aliphatic heterocycles. The van der Waals surface area contributed by atoms with Crippen LogP contribution in [-0.2, 0) is 7.05 Å². The first kappa shape index (κ1) is 18.8. The first-order valence-electron chi connectivity index (χ1n) is 9.14. The molecular formula is C17H28N8S. The molecule has 1 aliphatic rings. The Morgan fingerprint density at radius 2 is 2.23 bits per heavy atom. The predicted molar refractivity (Wildman–Crippen MR) is 109 cm³/mol. The SMILES string of the molecule is CCNC(=NCC1(C)CCCS1)NCCNc1ncnc2c1cnn2C. The van der Waals surface area contributed by atoms with Gasteiger partial charge in [-0.1, -0.05) is 0 Å². The minimum Gasteiger partial charge on any atom is -0.368 e. The highest BCUT2D eigenvalue weighted by Gasteiger charge is 2.29. The van der Waals surface area contributed by atoms with E-state index >= 15 is 0 Å². The first-order valence-corrected chi connectivity index (χ1v) is 10.1. The minimum atomic E-state index is 0.285. The summed E-state index contributed by atoms with van der Waals surface area (Å²) in [7, 11) is 1.88. The number of fused-ring (bicyclic) bond motifs is 1. The van der Waals surface area contributed by atoms with Crippen LogP contribution in [0.3, 0.4) is 0 Å². The second-order valence-corrected chi connectivity index (χ2v) is 8.36. The van der Waals surface area contributed by atoms with Gasteiger partial charge >= 0.3 is 0 Å². The van der Waals surface area contributed by atoms with Gasteiger partial charge in [-0.05, 0) is 32.4 Å². The molecule has 9 heteroatoms. The second kappa shape index (κ2) is 8.57. The molecule has 0 amide bonds. The van der Waals surface area contributed by atoms with Crippen LogP contribution >= 0.6 is 11.8 Å². The van der Waals surface area contributed by atoms with Gasteiger partial charge in [0.05, 0.1) is 18.1 Å². The van der Waals surface area contributed by atoms with E-state index in [1.165, 1.54) is 18.6 Å². The van der Waals surface area contributed by atoms with Crippen molar-refractivity contribution in [3.05, 3.63) is 12.5 Å². The number of rotatable bonds is 7. The maximum Gasteiger partial charge on any atom is 0.191 e. The molecule has 0 aromatic carbocycles. The summed E-state index contributed by atoms with van der Waals surface area (Å²) in [6.07, 6.45) is 5.89. The van der Waals surface area contributed by atoms with Crippen LogP contribution in [0.25, 0.3) is 11.0 Å². The van der Waals surface area contributed by atoms with Gasteiger partial charge in [0.15, 0.2) is 11.6 Å². The number of hydrogen-bond acceptors (Lipinski definition) is 6. The number of hydrogen-bond donors (Lipinski definition) is 3. The van der Waals surface area contributed by atoms with Crippen LogP contribution in [-0.4, -0.2) is 62.4 Å². The van der Waals surface area contributed by atoms with Gasteiger partial charge < -0.3 is 16.0 Å². The van der Waals surface area contributed by atoms with Gasteiger partial charge in [0.2, 0.25) is 0 Å². The molecule has 3 N–H and O–H groups in total. The lowest BCUT2D eigenvalue weighted by atomic mass is 10.1. The smallest absolute Gasteiger partial charge is 0.191 e. The summed E-state index contributed by atoms with van der Waals surface area (Å²) in [6.45, 7) is 7.59. The molecule has 0 saturated carbocycles. The summed E-state index contributed by atoms with van der Waals surface area (Å²) in [6, 6.07) is 0. The monoisotopic (exact) mass is 376 g/mol. The Bertz CT molecular complexity index is 750. The number of thioether (sulfide) groups is 1. The van der Waals surface area contributed by atoms with Crippen molar-refractivity contribution in [1.29, 1.82) is 0 Å². The summed E-state index contributed by atoms with van der Waals surface area (Å²) in [5.41, 5.74) is 0.827. The molecule has 3 rings (SSSR count). The summed E-state index contributed by atoms with van der Waals surface area (Å²) in [5, 5.41) is 15.2. The molecule has 1 atom stereocenters. The van der Waals surface area contributed by atoms with Crippen LogP contribution in [0.4, 0.5) is 5.82 Å². The third-order valence-corrected chi connectivity index (χ3v) is 5.98. The van der Waals surface area contributed by atoms with E-state index in [0.29, 0.717) is 0 Å². The average molecular weight is 377 g/mol. The van der Waals surface area contributed by atoms with Crippen molar-refractivity contribution in [2.75, 3.05) is 37.2 Å². The van der Waals surface area contributed by atoms with Gasteiger partial charge in [0.25, 0.3) is 0 Å². The lowest BCUT2D eigenvalue weighted by Crippen LogP contribution is -2.40. The van der Waals surface area contributed by atoms with Crippen molar-refractivity contribution in [2.45, 2.75) is 31.4 Å². The van der Waals surface area contributed by atoms with Gasteiger partial charge in [-0.3, -0.25) is 9.67 Å². The second-order valence-electron chi connectivity index (χ2n) is 6.68. The van der Waals surface area contributed by atoms with Gasteiger partial charge in [-0.2, -0.15) is 16.9 Å². The molecule has 1 fully saturated rings. The summed E-state index contributed by atoms with van der Waals surface area (Å²) >= 11 is 2.04. The standard InChI is InChI=1S/C17H28N8S/c1-4-18-16(21-11-17(2)6-5-9-26-17)20-8-7-19-14-13-10-24-25(3)15(13)23-12-22-14/h10,12H,4-9,11H2,1-3H3,(H2,18,20,21)(H,19,22,23). The molecule has 142 valence electrons. The molecule has 26 heavy (non-hydrogen) atoms. The van der Waals surface area contributed by atoms with Crippen LogP contribution < -0.4 is 16.0 Å². The summed E-state index contributed by atoms with van der Waals surface area (Å²) in [4.78, 5) is 13.3. The average Bonchev–Trinajstić information content (AvgIpc) is 3.24. The highest BCUT2D eigenvalue weighted by Crippen LogP contribution is 2.37. The van der Waals surface area contributed by atoms with Crippen molar-refractivity contribution in [1.82, 2.24) is 30.4 Å². The lowest BCUT2D eigenvalue weighted by molar-refractivity contribution is 0.615. The van der Waals surface area contributed by atoms with Crippen LogP contribution in [0, 0.1) is 0 Å². The Morgan fingerprint density at radius 1 is 1.35 bits per heavy atom. The van der Waals surface area contributed by atoms with Crippen LogP contribution in [0.2, 0.25) is 0 Å². The van der Waals surface area contributed by atoms with E-state index in [1.807, 2.05) is 18.8 Å². The molecule has 0 bridgehead atoms. The normalized spacial score (nSPS) is 20.5. The molecule has 0 aliphatic carbocycles. The van der Waals surface area contributed by atoms with Crippen molar-refractivity contribution < 1.29 is 0 Å². The molecule has 1 saturated heterocycles. The Hall–Kier alpha value is -2.03. The summed E-state index contributed by atoms with van der Waals surface area (Å²) in [5.74, 6) is 2.93. The van der Waals surface area contributed by atoms with Gasteiger partial charge in [0.1, 0.15) is 12.1 Å². The highest BCUT2D eigenvalue weighted by atomic mass is 32.2. The van der Waals surface area contributed by atoms with Crippen LogP contribution in [0.5, 0.6) is 0 Å². The summed E-state index contributed by atoms with van der Waals surface area (Å²) < 4.78 is 2.03. The zero-order valence-electron chi connectivity index (χ0n) is 15.7. The van der Waals surface area contributed by atoms with E-state index in [0.717, 1.165) is 49.0 Å². The molecule has 0 spiro atoms. The quantitative estimate of drug-likeness (QED) is 0.384. The maximum absolute atomic E-state index is 4.77. The maximum atomic E-state index is 4.77. The van der Waals surface area contributed by atoms with Crippen molar-refractivity contribution in [3.8, 4) is 0 Å². The topological polar surface area (TPSA) is 92.1 Å². The fraction of sp³-hybridized carbons (Fsp3) is 0.647. The van der Waals surface area contributed by atoms with Crippen LogP contribution in [0.1, 0.15) is 26.7 Å². The Balaban J connectivity index is 1.51. The van der Waals surface area contributed by atoms with E-state index < -0.39 is 0 Å². The van der Waals surface area contributed by atoms with E-state index in [1.54, 1.807) is 17.2 Å². The molecule has 0 radical (unpaired) electrons. The number of anilines is 1. The number of nitrogens with zero attached hydrogens (tertiary/aromatic N) is 5. The van der Waals surface area contributed by atoms with E-state index in [2.05, 4.69) is 44.9 Å². The lowest BCUT2D eigenvalue weighted by Gasteiger charge is -2.21. The number of aliphatic imine (C=N–C) groups is 1. The number of aromatic nitrogens is 4. The number of guanidine groups is 1. The molecule has 1 unspecified atom stereocenters. The zero-order chi connectivity index (χ0) is 18.4. The molecular weight excluding hydrogens is 348 g/mol. The third-order valence-electron chi connectivity index (χ3n) is 4.46. The third kappa shape index (κ3) is 4.57. The Kier molecular flexibility index (Phi) is 6.18. The van der Waals surface area contributed by atoms with Crippen molar-refractivity contribution >= 4 is 34.6 Å². The molecule has 2 aromatic heterocycles. The molecule has 2 aromatic rings. The van der Waals surface area contributed by atoms with Crippen LogP contribution in [0.15, 0.2) is 17.5 Å². The van der Waals surface area contributed by atoms with Gasteiger partial charge in [0, 0.05) is 31.4 Å². The highest BCUT2D eigenvalue weighted by molar-refractivity contribution is 8.00. The largest absolute Gasteiger partial charge is 0.368 e. The number of nitrogens with one attached hydrogen (secondary N) is 3. The molecule has 8 nitrogen and oxygen atoms in total. The van der Waals surface area contributed by atoms with Gasteiger partial charge in [-0.25, -0.2) is 9.97 Å². The van der Waals surface area contributed by atoms with Gasteiger partial charge in [-0.15, -0.1) is 0 Å². The van der Waals surface area contributed by atoms with E-state index in [9.17, 15) is 0 Å². The minimum absolute atomic E-state index is 0.285. The van der Waals surface area contributed by atoms with E-state index in [-0.39, 0.29) is 4.75 Å². The predicted octanol–water partition coefficient (Wildman–Crippen LogP) is 1.62. The van der Waals surface area contributed by atoms with Crippen molar-refractivity contribution in [3.63, 3.8) is 0 Å². The van der Waals surface area contributed by atoms with E-state index in [4.69, 9.17) is 4.99 Å². The Morgan fingerprint density at radius 3 is 3.00 bits per heavy atom.